The van der Waals surface area contributed by atoms with Crippen molar-refractivity contribution >= 4 is 61.4 Å². The molecule has 1 saturated carbocycles. The van der Waals surface area contributed by atoms with Gasteiger partial charge in [0.15, 0.2) is 0 Å². The van der Waals surface area contributed by atoms with Crippen LogP contribution >= 0.6 is 17.0 Å². The van der Waals surface area contributed by atoms with Crippen LogP contribution in [0.15, 0.2) is 109 Å². The zero-order chi connectivity index (χ0) is 37.0. The third-order valence-electron chi connectivity index (χ3n) is 10.0. The van der Waals surface area contributed by atoms with E-state index in [1.54, 1.807) is 5.56 Å². The summed E-state index contributed by atoms with van der Waals surface area (Å²) in [5, 5.41) is 7.10. The van der Waals surface area contributed by atoms with Crippen LogP contribution in [0.5, 0.6) is 0 Å². The standard InChI is InChI=1S/C24H27.C20H23Si.C2H6Si.2ClH.Zr/c1-17(2)18-11-13-20(14-12-18)23-10-6-9-21-15-22(16-24(21)23)19-7-4-3-5-8-19;1-5-15-13-17-7-6-8-19(20(17)14-15)16-9-11-18(12-10-16)21(2,3)4;1-3-2;;;/h6,9-17,19H,3-5,7-8H2,1-2H3;6-14H,5H2,1-4H3;1-2H3;2*1H;/q2*-1;;;;+4/p-2. The first-order valence-electron chi connectivity index (χ1n) is 18.7. The molecule has 266 valence electrons. The van der Waals surface area contributed by atoms with Gasteiger partial charge in [-0.15, -0.1) is 69.1 Å². The Labute approximate surface area is 331 Å². The molecule has 7 rings (SSSR count). The molecule has 0 aliphatic heterocycles. The van der Waals surface area contributed by atoms with Gasteiger partial charge in [0, 0.05) is 9.52 Å². The van der Waals surface area contributed by atoms with Gasteiger partial charge < -0.3 is 0 Å². The average Bonchev–Trinajstić information content (AvgIpc) is 3.78. The minimum atomic E-state index is -1.21. The van der Waals surface area contributed by atoms with E-state index in [4.69, 9.17) is 17.0 Å². The Morgan fingerprint density at radius 1 is 0.725 bits per heavy atom. The van der Waals surface area contributed by atoms with Crippen LogP contribution in [0.4, 0.5) is 0 Å². The predicted molar refractivity (Wildman–Crippen MR) is 231 cm³/mol. The van der Waals surface area contributed by atoms with Crippen molar-refractivity contribution in [3.05, 3.63) is 126 Å². The van der Waals surface area contributed by atoms with Gasteiger partial charge in [-0.3, -0.25) is 0 Å². The molecule has 0 aromatic heterocycles. The van der Waals surface area contributed by atoms with Crippen LogP contribution in [0.2, 0.25) is 32.7 Å². The van der Waals surface area contributed by atoms with Crippen LogP contribution in [0.25, 0.3) is 43.8 Å². The first-order chi connectivity index (χ1) is 24.5. The van der Waals surface area contributed by atoms with Crippen molar-refractivity contribution in [1.29, 1.82) is 0 Å². The van der Waals surface area contributed by atoms with Crippen LogP contribution < -0.4 is 5.19 Å². The summed E-state index contributed by atoms with van der Waals surface area (Å²) in [6.07, 6.45) is 8.06. The Morgan fingerprint density at radius 2 is 1.22 bits per heavy atom. The normalized spacial score (nSPS) is 13.1. The van der Waals surface area contributed by atoms with E-state index < -0.39 is 28.9 Å². The molecule has 0 saturated heterocycles. The SMILES string of the molecule is CC(C)c1ccc(-c2cccc3[cH-]c(C4CCCCC4)cc23)cc1.CCc1cc2c(-c3ccc([Si](C)(C)C)cc3)cccc2[cH-]1.C[Si]C.[Cl][Zr+2][Cl]. The Morgan fingerprint density at radius 3 is 1.71 bits per heavy atom. The fraction of sp³-hybridized carbons (Fsp3) is 0.348. The third kappa shape index (κ3) is 11.5. The van der Waals surface area contributed by atoms with Crippen LogP contribution in [0, 0.1) is 0 Å². The molecule has 51 heavy (non-hydrogen) atoms. The molecule has 6 aromatic carbocycles. The zero-order valence-electron chi connectivity index (χ0n) is 32.0. The van der Waals surface area contributed by atoms with Crippen molar-refractivity contribution in [2.24, 2.45) is 0 Å². The monoisotopic (exact) mass is 824 g/mol. The number of hydrogen-bond acceptors (Lipinski definition) is 0. The van der Waals surface area contributed by atoms with Crippen molar-refractivity contribution in [1.82, 2.24) is 0 Å². The molecular weight excluding hydrogens is 771 g/mol. The van der Waals surface area contributed by atoms with Gasteiger partial charge in [-0.05, 0) is 47.8 Å². The molecule has 2 radical (unpaired) electrons. The number of hydrogen-bond donors (Lipinski definition) is 0. The second-order valence-electron chi connectivity index (χ2n) is 15.1. The maximum absolute atomic E-state index is 4.93. The van der Waals surface area contributed by atoms with Crippen molar-refractivity contribution < 1.29 is 20.8 Å². The molecule has 5 heteroatoms. The maximum atomic E-state index is 4.93. The average molecular weight is 827 g/mol. The molecule has 0 unspecified atom stereocenters. The van der Waals surface area contributed by atoms with E-state index in [9.17, 15) is 0 Å². The van der Waals surface area contributed by atoms with E-state index in [-0.39, 0.29) is 0 Å². The molecule has 1 aliphatic carbocycles. The van der Waals surface area contributed by atoms with Crippen LogP contribution in [-0.2, 0) is 27.3 Å². The number of aryl methyl sites for hydroxylation is 1. The number of rotatable bonds is 6. The van der Waals surface area contributed by atoms with Gasteiger partial charge >= 0.3 is 37.9 Å². The summed E-state index contributed by atoms with van der Waals surface area (Å²) in [5.74, 6) is 1.37. The Bertz CT molecular complexity index is 1900. The quantitative estimate of drug-likeness (QED) is 0.116. The first kappa shape index (κ1) is 41.7. The second-order valence-corrected chi connectivity index (χ2v) is 24.9. The summed E-state index contributed by atoms with van der Waals surface area (Å²) in [4.78, 5) is 0. The van der Waals surface area contributed by atoms with E-state index in [0.717, 1.165) is 21.9 Å². The Hall–Kier alpha value is -2.00. The molecule has 0 heterocycles. The molecule has 0 nitrogen and oxygen atoms in total. The molecule has 1 fully saturated rings. The predicted octanol–water partition coefficient (Wildman–Crippen LogP) is 14.9. The molecule has 0 spiro atoms. The molecule has 0 amide bonds. The van der Waals surface area contributed by atoms with Gasteiger partial charge in [0.25, 0.3) is 0 Å². The second kappa shape index (κ2) is 20.5. The van der Waals surface area contributed by atoms with Crippen molar-refractivity contribution in [2.75, 3.05) is 0 Å². The summed E-state index contributed by atoms with van der Waals surface area (Å²) in [6, 6.07) is 41.3. The first-order valence-corrected chi connectivity index (χ1v) is 30.5. The minimum absolute atomic E-state index is 0.590. The van der Waals surface area contributed by atoms with Crippen LogP contribution in [-0.4, -0.2) is 17.6 Å². The summed E-state index contributed by atoms with van der Waals surface area (Å²) in [5.41, 5.74) is 9.81. The fourth-order valence-corrected chi connectivity index (χ4v) is 8.30. The van der Waals surface area contributed by atoms with E-state index in [1.807, 2.05) is 0 Å². The number of fused-ring (bicyclic) bond motifs is 2. The molecule has 0 bridgehead atoms. The summed E-state index contributed by atoms with van der Waals surface area (Å²) >= 11 is -0.826. The van der Waals surface area contributed by atoms with Gasteiger partial charge in [-0.25, -0.2) is 0 Å². The van der Waals surface area contributed by atoms with E-state index in [2.05, 4.69) is 163 Å². The van der Waals surface area contributed by atoms with Gasteiger partial charge in [-0.2, -0.15) is 12.1 Å². The van der Waals surface area contributed by atoms with Gasteiger partial charge in [-0.1, -0.05) is 150 Å². The number of halogens is 2. The third-order valence-corrected chi connectivity index (χ3v) is 12.1. The van der Waals surface area contributed by atoms with Gasteiger partial charge in [0.1, 0.15) is 0 Å². The fourth-order valence-electron chi connectivity index (χ4n) is 7.13. The van der Waals surface area contributed by atoms with Crippen molar-refractivity contribution in [2.45, 2.75) is 104 Å². The zero-order valence-corrected chi connectivity index (χ0v) is 38.0. The summed E-state index contributed by atoms with van der Waals surface area (Å²) in [6.45, 7) is 18.2. The topological polar surface area (TPSA) is 0 Å². The Balaban J connectivity index is 0.000000200. The van der Waals surface area contributed by atoms with Crippen LogP contribution in [0.1, 0.15) is 81.4 Å². The van der Waals surface area contributed by atoms with E-state index in [1.165, 1.54) is 92.2 Å². The summed E-state index contributed by atoms with van der Waals surface area (Å²) in [7, 11) is 9.74. The molecule has 0 atom stereocenters. The molecule has 0 N–H and O–H groups in total. The number of benzene rings is 4. The summed E-state index contributed by atoms with van der Waals surface area (Å²) < 4.78 is 0. The van der Waals surface area contributed by atoms with E-state index >= 15 is 0 Å². The van der Waals surface area contributed by atoms with Crippen LogP contribution in [0.3, 0.4) is 0 Å². The van der Waals surface area contributed by atoms with Crippen molar-refractivity contribution in [3.63, 3.8) is 0 Å². The van der Waals surface area contributed by atoms with Gasteiger partial charge in [0.2, 0.25) is 0 Å². The Kier molecular flexibility index (Phi) is 16.7. The van der Waals surface area contributed by atoms with Crippen molar-refractivity contribution in [3.8, 4) is 22.3 Å². The van der Waals surface area contributed by atoms with E-state index in [0.29, 0.717) is 5.92 Å². The molecular formula is C46H56Cl2Si2Zr. The van der Waals surface area contributed by atoms with Gasteiger partial charge in [0.05, 0.1) is 8.07 Å². The molecule has 6 aromatic rings. The molecule has 1 aliphatic rings.